The van der Waals surface area contributed by atoms with Crippen LogP contribution in [0.3, 0.4) is 0 Å². The Morgan fingerprint density at radius 2 is 2.18 bits per heavy atom. The summed E-state index contributed by atoms with van der Waals surface area (Å²) in [4.78, 5) is 0. The second kappa shape index (κ2) is 5.67. The maximum Gasteiger partial charge on any atom is 0.147 e. The van der Waals surface area contributed by atoms with Gasteiger partial charge in [-0.1, -0.05) is 12.1 Å². The number of amidine groups is 1. The molecule has 0 aliphatic heterocycles. The van der Waals surface area contributed by atoms with Crippen LogP contribution >= 0.6 is 0 Å². The highest BCUT2D eigenvalue weighted by Gasteiger charge is 2.03. The summed E-state index contributed by atoms with van der Waals surface area (Å²) < 4.78 is 27.1. The molecule has 5 nitrogen and oxygen atoms in total. The van der Waals surface area contributed by atoms with Gasteiger partial charge in [-0.2, -0.15) is 0 Å². The topological polar surface area (TPSA) is 93.2 Å². The normalized spacial score (nSPS) is 11.1. The summed E-state index contributed by atoms with van der Waals surface area (Å²) in [5, 5.41) is 7.27. The van der Waals surface area contributed by atoms with Crippen LogP contribution in [0.2, 0.25) is 0 Å². The maximum atomic E-state index is 10.9. The average Bonchev–Trinajstić information content (AvgIpc) is 2.23. The molecule has 0 aliphatic carbocycles. The number of nitrogen functional groups attached to an aromatic ring is 1. The van der Waals surface area contributed by atoms with E-state index in [0.29, 0.717) is 24.3 Å². The molecule has 0 unspecified atom stereocenters. The fraction of sp³-hybridized carbons (Fsp3) is 0.364. The number of nitrogens with two attached hydrogens (primary N) is 1. The van der Waals surface area contributed by atoms with Crippen LogP contribution in [-0.4, -0.2) is 32.9 Å². The van der Waals surface area contributed by atoms with Gasteiger partial charge >= 0.3 is 0 Å². The van der Waals surface area contributed by atoms with Crippen molar-refractivity contribution in [3.05, 3.63) is 29.8 Å². The second-order valence-corrected chi connectivity index (χ2v) is 6.03. The summed E-state index contributed by atoms with van der Waals surface area (Å²) in [5.41, 5.74) is 5.93. The minimum atomic E-state index is -2.93. The van der Waals surface area contributed by atoms with Crippen LogP contribution in [0.25, 0.3) is 0 Å². The predicted octanol–water partition coefficient (Wildman–Crippen LogP) is 0.784. The van der Waals surface area contributed by atoms with Gasteiger partial charge in [0.2, 0.25) is 0 Å². The van der Waals surface area contributed by atoms with Gasteiger partial charge in [0.25, 0.3) is 0 Å². The molecule has 6 heteroatoms. The molecule has 3 N–H and O–H groups in total. The van der Waals surface area contributed by atoms with Crippen LogP contribution in [0.5, 0.6) is 5.75 Å². The summed E-state index contributed by atoms with van der Waals surface area (Å²) in [6, 6.07) is 6.85. The van der Waals surface area contributed by atoms with Crippen molar-refractivity contribution < 1.29 is 13.2 Å². The molecule has 94 valence electrons. The van der Waals surface area contributed by atoms with Crippen LogP contribution in [-0.2, 0) is 9.84 Å². The Bertz CT molecular complexity index is 497. The number of hydrogen-bond donors (Lipinski definition) is 2. The van der Waals surface area contributed by atoms with Gasteiger partial charge in [-0.3, -0.25) is 5.41 Å². The van der Waals surface area contributed by atoms with Gasteiger partial charge in [0.15, 0.2) is 0 Å². The van der Waals surface area contributed by atoms with E-state index in [1.807, 2.05) is 0 Å². The lowest BCUT2D eigenvalue weighted by Gasteiger charge is -2.07. The Balaban J connectivity index is 2.47. The molecule has 0 bridgehead atoms. The number of nitrogens with one attached hydrogen (secondary N) is 1. The number of benzene rings is 1. The third kappa shape index (κ3) is 5.35. The molecular weight excluding hydrogens is 240 g/mol. The van der Waals surface area contributed by atoms with E-state index >= 15 is 0 Å². The first-order valence-corrected chi connectivity index (χ1v) is 7.19. The molecule has 1 rings (SSSR count). The Kier molecular flexibility index (Phi) is 4.51. The van der Waals surface area contributed by atoms with E-state index in [1.165, 1.54) is 6.26 Å². The van der Waals surface area contributed by atoms with Crippen molar-refractivity contribution >= 4 is 15.7 Å². The van der Waals surface area contributed by atoms with Crippen LogP contribution in [0, 0.1) is 5.41 Å². The van der Waals surface area contributed by atoms with Crippen molar-refractivity contribution in [2.24, 2.45) is 5.73 Å². The van der Waals surface area contributed by atoms with Crippen molar-refractivity contribution in [1.82, 2.24) is 0 Å². The third-order valence-electron chi connectivity index (χ3n) is 2.07. The molecule has 1 aromatic carbocycles. The lowest BCUT2D eigenvalue weighted by atomic mass is 10.2. The van der Waals surface area contributed by atoms with Gasteiger partial charge < -0.3 is 10.5 Å². The molecule has 0 spiro atoms. The first-order chi connectivity index (χ1) is 7.88. The molecule has 0 saturated carbocycles. The minimum Gasteiger partial charge on any atom is -0.494 e. The zero-order valence-corrected chi connectivity index (χ0v) is 10.5. The Morgan fingerprint density at radius 1 is 1.47 bits per heavy atom. The molecular formula is C11H16N2O3S. The number of rotatable bonds is 6. The molecule has 0 fully saturated rings. The summed E-state index contributed by atoms with van der Waals surface area (Å²) in [5.74, 6) is 0.678. The minimum absolute atomic E-state index is 0.0217. The van der Waals surface area contributed by atoms with Crippen molar-refractivity contribution in [2.45, 2.75) is 6.42 Å². The SMILES string of the molecule is CS(=O)(=O)CCCOc1cccc(C(=N)N)c1. The van der Waals surface area contributed by atoms with E-state index in [1.54, 1.807) is 24.3 Å². The standard InChI is InChI=1S/C11H16N2O3S/c1-17(14,15)7-3-6-16-10-5-2-4-9(8-10)11(12)13/h2,4-5,8H,3,6-7H2,1H3,(H3,12,13). The van der Waals surface area contributed by atoms with Gasteiger partial charge in [0, 0.05) is 11.8 Å². The van der Waals surface area contributed by atoms with Crippen LogP contribution in [0.1, 0.15) is 12.0 Å². The predicted molar refractivity (Wildman–Crippen MR) is 67.3 cm³/mol. The van der Waals surface area contributed by atoms with Crippen LogP contribution < -0.4 is 10.5 Å². The monoisotopic (exact) mass is 256 g/mol. The van der Waals surface area contributed by atoms with Crippen LogP contribution in [0.15, 0.2) is 24.3 Å². The van der Waals surface area contributed by atoms with Gasteiger partial charge in [0.05, 0.1) is 12.4 Å². The molecule has 0 radical (unpaired) electrons. The third-order valence-corrected chi connectivity index (χ3v) is 3.10. The van der Waals surface area contributed by atoms with Crippen molar-refractivity contribution in [1.29, 1.82) is 5.41 Å². The summed E-state index contributed by atoms with van der Waals surface area (Å²) >= 11 is 0. The zero-order valence-electron chi connectivity index (χ0n) is 9.64. The largest absolute Gasteiger partial charge is 0.494 e. The van der Waals surface area contributed by atoms with Gasteiger partial charge in [0.1, 0.15) is 21.4 Å². The van der Waals surface area contributed by atoms with E-state index < -0.39 is 9.84 Å². The quantitative estimate of drug-likeness (QED) is 0.447. The Hall–Kier alpha value is -1.56. The molecule has 0 amide bonds. The van der Waals surface area contributed by atoms with E-state index in [0.717, 1.165) is 0 Å². The first-order valence-electron chi connectivity index (χ1n) is 5.13. The van der Waals surface area contributed by atoms with E-state index in [2.05, 4.69) is 0 Å². The molecule has 1 aromatic rings. The lowest BCUT2D eigenvalue weighted by Crippen LogP contribution is -2.11. The van der Waals surface area contributed by atoms with Gasteiger partial charge in [-0.05, 0) is 18.6 Å². The number of ether oxygens (including phenoxy) is 1. The molecule has 0 aliphatic rings. The maximum absolute atomic E-state index is 10.9. The molecule has 0 atom stereocenters. The van der Waals surface area contributed by atoms with E-state index in [9.17, 15) is 8.42 Å². The summed E-state index contributed by atoms with van der Waals surface area (Å²) in [6.07, 6.45) is 1.65. The fourth-order valence-corrected chi connectivity index (χ4v) is 1.91. The van der Waals surface area contributed by atoms with Crippen LogP contribution in [0.4, 0.5) is 0 Å². The lowest BCUT2D eigenvalue weighted by molar-refractivity contribution is 0.317. The van der Waals surface area contributed by atoms with Crippen molar-refractivity contribution in [2.75, 3.05) is 18.6 Å². The fourth-order valence-electron chi connectivity index (χ4n) is 1.26. The zero-order chi connectivity index (χ0) is 12.9. The van der Waals surface area contributed by atoms with E-state index in [4.69, 9.17) is 15.9 Å². The highest BCUT2D eigenvalue weighted by molar-refractivity contribution is 7.90. The van der Waals surface area contributed by atoms with Gasteiger partial charge in [-0.25, -0.2) is 8.42 Å². The second-order valence-electron chi connectivity index (χ2n) is 3.77. The first kappa shape index (κ1) is 13.5. The molecule has 0 aromatic heterocycles. The van der Waals surface area contributed by atoms with Crippen molar-refractivity contribution in [3.63, 3.8) is 0 Å². The smallest absolute Gasteiger partial charge is 0.147 e. The highest BCUT2D eigenvalue weighted by Crippen LogP contribution is 2.13. The van der Waals surface area contributed by atoms with Crippen molar-refractivity contribution in [3.8, 4) is 5.75 Å². The average molecular weight is 256 g/mol. The molecule has 0 heterocycles. The van der Waals surface area contributed by atoms with E-state index in [-0.39, 0.29) is 11.6 Å². The number of hydrogen-bond acceptors (Lipinski definition) is 4. The number of sulfone groups is 1. The Morgan fingerprint density at radius 3 is 2.76 bits per heavy atom. The molecule has 17 heavy (non-hydrogen) atoms. The summed E-state index contributed by atoms with van der Waals surface area (Å²) in [7, 11) is -2.93. The summed E-state index contributed by atoms with van der Waals surface area (Å²) in [6.45, 7) is 0.328. The molecule has 0 saturated heterocycles. The highest BCUT2D eigenvalue weighted by atomic mass is 32.2. The van der Waals surface area contributed by atoms with Gasteiger partial charge in [-0.15, -0.1) is 0 Å². The Labute approximate surface area is 101 Å².